The molecule has 0 saturated heterocycles. The van der Waals surface area contributed by atoms with Crippen molar-refractivity contribution >= 4 is 0 Å². The third-order valence-electron chi connectivity index (χ3n) is 1.10. The average Bonchev–Trinajstić information content (AvgIpc) is 2.03. The first-order valence-electron chi connectivity index (χ1n) is 3.22. The number of halogens is 1. The fraction of sp³-hybridized carbons (Fsp3) is 0.250. The molecule has 1 aromatic carbocycles. The van der Waals surface area contributed by atoms with Crippen molar-refractivity contribution in [3.8, 4) is 5.75 Å². The van der Waals surface area contributed by atoms with Crippen molar-refractivity contribution in [3.05, 3.63) is 30.3 Å². The number of para-hydroxylation sites is 1. The van der Waals surface area contributed by atoms with Gasteiger partial charge in [0.05, 0.1) is 6.61 Å². The van der Waals surface area contributed by atoms with E-state index >= 15 is 0 Å². The molecule has 0 unspecified atom stereocenters. The summed E-state index contributed by atoms with van der Waals surface area (Å²) < 4.78 is 5.11. The molecule has 12 heavy (non-hydrogen) atoms. The Morgan fingerprint density at radius 2 is 1.75 bits per heavy atom. The first-order chi connectivity index (χ1) is 4.93. The summed E-state index contributed by atoms with van der Waals surface area (Å²) in [5, 5.41) is 8.40. The molecule has 0 fully saturated rings. The second-order valence-electron chi connectivity index (χ2n) is 1.89. The molecule has 0 aliphatic heterocycles. The van der Waals surface area contributed by atoms with E-state index < -0.39 is 0 Å². The zero-order chi connectivity index (χ0) is 7.23. The summed E-state index contributed by atoms with van der Waals surface area (Å²) in [5.41, 5.74) is 0. The van der Waals surface area contributed by atoms with Gasteiger partial charge in [-0.25, -0.2) is 0 Å². The van der Waals surface area contributed by atoms with Crippen molar-refractivity contribution in [1.29, 1.82) is 0 Å². The van der Waals surface area contributed by atoms with Gasteiger partial charge in [-0.05, 0) is 12.1 Å². The predicted octanol–water partition coefficient (Wildman–Crippen LogP) is -4.93. The van der Waals surface area contributed by atoms with Gasteiger partial charge in [0.15, 0.2) is 0 Å². The van der Waals surface area contributed by atoms with Crippen LogP contribution in [-0.2, 0) is 0 Å². The number of ether oxygens (including phenoxy) is 1. The summed E-state index contributed by atoms with van der Waals surface area (Å²) in [6.07, 6.45) is 0. The maximum Gasteiger partial charge on any atom is 1.00 e. The third-order valence-corrected chi connectivity index (χ3v) is 1.10. The van der Waals surface area contributed by atoms with Gasteiger partial charge in [-0.1, -0.05) is 18.2 Å². The van der Waals surface area contributed by atoms with Gasteiger partial charge in [0.1, 0.15) is 12.4 Å². The van der Waals surface area contributed by atoms with Crippen molar-refractivity contribution in [3.63, 3.8) is 0 Å². The minimum Gasteiger partial charge on any atom is -1.00 e. The molecule has 1 aromatic rings. The Labute approximate surface area is 93.2 Å². The molecule has 0 spiro atoms. The fourth-order valence-corrected chi connectivity index (χ4v) is 0.680. The van der Waals surface area contributed by atoms with Crippen molar-refractivity contribution in [2.45, 2.75) is 0 Å². The van der Waals surface area contributed by atoms with Crippen molar-refractivity contribution in [2.24, 2.45) is 0 Å². The van der Waals surface area contributed by atoms with Crippen molar-refractivity contribution in [1.82, 2.24) is 0 Å². The second kappa shape index (κ2) is 9.00. The van der Waals surface area contributed by atoms with Crippen molar-refractivity contribution < 1.29 is 44.1 Å². The Kier molecular flexibility index (Phi) is 10.8. The number of benzene rings is 1. The Morgan fingerprint density at radius 1 is 1.17 bits per heavy atom. The number of aliphatic hydroxyl groups is 1. The first kappa shape index (κ1) is 14.4. The minimum absolute atomic E-state index is 0. The predicted molar refractivity (Wildman–Crippen MR) is 39.0 cm³/mol. The molecule has 1 N–H and O–H groups in total. The Hall–Kier alpha value is -0.0900. The van der Waals surface area contributed by atoms with E-state index in [1.807, 2.05) is 30.3 Å². The maximum atomic E-state index is 8.40. The Morgan fingerprint density at radius 3 is 2.25 bits per heavy atom. The summed E-state index contributed by atoms with van der Waals surface area (Å²) in [4.78, 5) is 0. The maximum absolute atomic E-state index is 8.40. The topological polar surface area (TPSA) is 29.5 Å². The van der Waals surface area contributed by atoms with Crippen LogP contribution in [0.1, 0.15) is 0 Å². The van der Waals surface area contributed by atoms with Gasteiger partial charge in [0, 0.05) is 0 Å². The molecule has 0 saturated carbocycles. The molecule has 62 valence electrons. The number of hydrogen-bond donors (Lipinski definition) is 1. The van der Waals surface area contributed by atoms with Crippen LogP contribution >= 0.6 is 0 Å². The average molecular weight is 180 g/mol. The van der Waals surface area contributed by atoms with Crippen LogP contribution in [0, 0.1) is 0 Å². The summed E-state index contributed by atoms with van der Waals surface area (Å²) in [7, 11) is 0. The van der Waals surface area contributed by atoms with Crippen LogP contribution in [0.2, 0.25) is 0 Å². The summed E-state index contributed by atoms with van der Waals surface area (Å²) in [6, 6.07) is 9.43. The van der Waals surface area contributed by atoms with E-state index in [1.165, 1.54) is 0 Å². The number of aliphatic hydroxyl groups excluding tert-OH is 1. The Balaban J connectivity index is 0. The number of rotatable bonds is 3. The minimum atomic E-state index is 0. The van der Waals surface area contributed by atoms with E-state index in [2.05, 4.69) is 0 Å². The van der Waals surface area contributed by atoms with Crippen LogP contribution in [0.5, 0.6) is 5.75 Å². The van der Waals surface area contributed by atoms with E-state index in [0.717, 1.165) is 5.75 Å². The summed E-state index contributed by atoms with van der Waals surface area (Å²) >= 11 is 0. The molecule has 0 aromatic heterocycles. The van der Waals surface area contributed by atoms with Crippen molar-refractivity contribution in [2.75, 3.05) is 13.2 Å². The second-order valence-corrected chi connectivity index (χ2v) is 1.89. The molecular weight excluding hydrogens is 170 g/mol. The van der Waals surface area contributed by atoms with Gasteiger partial charge in [0.25, 0.3) is 0 Å². The van der Waals surface area contributed by atoms with E-state index in [1.54, 1.807) is 0 Å². The molecule has 0 aliphatic rings. The quantitative estimate of drug-likeness (QED) is 0.472. The molecule has 1 rings (SSSR count). The third kappa shape index (κ3) is 5.55. The van der Waals surface area contributed by atoms with Crippen LogP contribution in [0.4, 0.5) is 0 Å². The number of hydrogen-bond acceptors (Lipinski definition) is 2. The SMILES string of the molecule is OCCOc1ccccc1.[F-].[Na+]. The zero-order valence-corrected chi connectivity index (χ0v) is 9.03. The van der Waals surface area contributed by atoms with E-state index in [-0.39, 0.29) is 40.9 Å². The summed E-state index contributed by atoms with van der Waals surface area (Å²) in [5.74, 6) is 0.802. The molecule has 4 heteroatoms. The largest absolute Gasteiger partial charge is 1.00 e. The standard InChI is InChI=1S/C8H10O2.FH.Na/c9-6-7-10-8-4-2-1-3-5-8;;/h1-5,9H,6-7H2;1H;/q;;+1/p-1. The fourth-order valence-electron chi connectivity index (χ4n) is 0.680. The van der Waals surface area contributed by atoms with Gasteiger partial charge in [-0.15, -0.1) is 0 Å². The van der Waals surface area contributed by atoms with Crippen LogP contribution in [0.3, 0.4) is 0 Å². The monoisotopic (exact) mass is 180 g/mol. The molecular formula is C8H10FNaO2. The first-order valence-corrected chi connectivity index (χ1v) is 3.22. The van der Waals surface area contributed by atoms with E-state index in [4.69, 9.17) is 9.84 Å². The van der Waals surface area contributed by atoms with Crippen LogP contribution in [0.15, 0.2) is 30.3 Å². The molecule has 2 nitrogen and oxygen atoms in total. The van der Waals surface area contributed by atoms with Gasteiger partial charge >= 0.3 is 29.6 Å². The van der Waals surface area contributed by atoms with Gasteiger partial charge in [0.2, 0.25) is 0 Å². The molecule has 0 heterocycles. The van der Waals surface area contributed by atoms with E-state index in [0.29, 0.717) is 6.61 Å². The van der Waals surface area contributed by atoms with Gasteiger partial charge < -0.3 is 14.5 Å². The normalized spacial score (nSPS) is 7.75. The zero-order valence-electron chi connectivity index (χ0n) is 7.03. The van der Waals surface area contributed by atoms with Crippen LogP contribution in [0.25, 0.3) is 0 Å². The molecule has 0 aliphatic carbocycles. The molecule has 0 bridgehead atoms. The Bertz CT molecular complexity index is 182. The summed E-state index contributed by atoms with van der Waals surface area (Å²) in [6.45, 7) is 0.429. The molecule has 0 amide bonds. The van der Waals surface area contributed by atoms with E-state index in [9.17, 15) is 0 Å². The van der Waals surface area contributed by atoms with Gasteiger partial charge in [-0.3, -0.25) is 0 Å². The van der Waals surface area contributed by atoms with Gasteiger partial charge in [-0.2, -0.15) is 0 Å². The molecule has 0 radical (unpaired) electrons. The van der Waals surface area contributed by atoms with Crippen LogP contribution in [-0.4, -0.2) is 18.3 Å². The molecule has 0 atom stereocenters. The van der Waals surface area contributed by atoms with Crippen LogP contribution < -0.4 is 39.0 Å². The smallest absolute Gasteiger partial charge is 1.00 e.